The zero-order valence-electron chi connectivity index (χ0n) is 20.7. The number of hydrogen-bond acceptors (Lipinski definition) is 7. The molecule has 1 unspecified atom stereocenters. The summed E-state index contributed by atoms with van der Waals surface area (Å²) in [5, 5.41) is 4.91. The number of nitrogens with two attached hydrogens (primary N) is 1. The summed E-state index contributed by atoms with van der Waals surface area (Å²) < 4.78 is 0. The minimum Gasteiger partial charge on any atom is -0.383 e. The van der Waals surface area contributed by atoms with Gasteiger partial charge in [-0.15, -0.1) is 0 Å². The van der Waals surface area contributed by atoms with Crippen LogP contribution in [0.25, 0.3) is 10.8 Å². The Morgan fingerprint density at radius 1 is 1.06 bits per heavy atom. The van der Waals surface area contributed by atoms with Crippen molar-refractivity contribution in [1.29, 1.82) is 0 Å². The normalized spacial score (nSPS) is 15.5. The quantitative estimate of drug-likeness (QED) is 0.418. The molecule has 36 heavy (non-hydrogen) atoms. The second kappa shape index (κ2) is 10.3. The summed E-state index contributed by atoms with van der Waals surface area (Å²) >= 11 is 0. The molecule has 8 heteroatoms. The van der Waals surface area contributed by atoms with E-state index in [1.165, 1.54) is 0 Å². The first-order valence-electron chi connectivity index (χ1n) is 12.2. The maximum Gasteiger partial charge on any atom is 0.253 e. The van der Waals surface area contributed by atoms with Gasteiger partial charge in [0.2, 0.25) is 0 Å². The minimum absolute atomic E-state index is 0.152. The summed E-state index contributed by atoms with van der Waals surface area (Å²) in [5.41, 5.74) is 9.61. The van der Waals surface area contributed by atoms with Crippen LogP contribution in [0.5, 0.6) is 0 Å². The summed E-state index contributed by atoms with van der Waals surface area (Å²) in [6.45, 7) is 2.42. The monoisotopic (exact) mass is 481 g/mol. The molecule has 1 fully saturated rings. The van der Waals surface area contributed by atoms with E-state index in [1.54, 1.807) is 12.4 Å². The van der Waals surface area contributed by atoms with Crippen LogP contribution in [0.4, 0.5) is 11.6 Å². The predicted molar refractivity (Wildman–Crippen MR) is 143 cm³/mol. The maximum absolute atomic E-state index is 12.9. The van der Waals surface area contributed by atoms with Gasteiger partial charge in [-0.25, -0.2) is 9.97 Å². The third kappa shape index (κ3) is 5.28. The average Bonchev–Trinajstić information content (AvgIpc) is 3.39. The summed E-state index contributed by atoms with van der Waals surface area (Å²) in [4.78, 5) is 30.5. The van der Waals surface area contributed by atoms with Crippen LogP contribution in [0.3, 0.4) is 0 Å². The van der Waals surface area contributed by atoms with Gasteiger partial charge in [0, 0.05) is 55.8 Å². The van der Waals surface area contributed by atoms with Crippen LogP contribution in [0.15, 0.2) is 67.3 Å². The third-order valence-electron chi connectivity index (χ3n) is 6.81. The lowest BCUT2D eigenvalue weighted by Crippen LogP contribution is -2.31. The van der Waals surface area contributed by atoms with Crippen molar-refractivity contribution in [3.05, 3.63) is 89.5 Å². The number of aromatic nitrogens is 3. The maximum atomic E-state index is 12.9. The average molecular weight is 482 g/mol. The number of fused-ring (bicyclic) bond motifs is 1. The number of rotatable bonds is 7. The van der Waals surface area contributed by atoms with Gasteiger partial charge in [0.15, 0.2) is 0 Å². The first-order chi connectivity index (χ1) is 17.5. The zero-order valence-corrected chi connectivity index (χ0v) is 20.7. The number of likely N-dealkylation sites (N-methyl/N-ethyl adjacent to an activating group) is 1. The van der Waals surface area contributed by atoms with E-state index in [0.29, 0.717) is 30.4 Å². The van der Waals surface area contributed by atoms with Gasteiger partial charge in [0.25, 0.3) is 5.91 Å². The largest absolute Gasteiger partial charge is 0.383 e. The molecular weight excluding hydrogens is 450 g/mol. The molecule has 184 valence electrons. The van der Waals surface area contributed by atoms with Crippen molar-refractivity contribution in [3.63, 3.8) is 0 Å². The number of nitrogen functional groups attached to an aromatic ring is 1. The van der Waals surface area contributed by atoms with Gasteiger partial charge in [0.05, 0.1) is 5.56 Å². The van der Waals surface area contributed by atoms with Crippen molar-refractivity contribution in [3.8, 4) is 0 Å². The van der Waals surface area contributed by atoms with E-state index in [1.807, 2.05) is 48.8 Å². The Kier molecular flexibility index (Phi) is 6.77. The van der Waals surface area contributed by atoms with Crippen molar-refractivity contribution in [1.82, 2.24) is 25.2 Å². The lowest BCUT2D eigenvalue weighted by Gasteiger charge is -2.21. The molecular formula is C28H31N7O. The van der Waals surface area contributed by atoms with Crippen LogP contribution >= 0.6 is 0 Å². The molecule has 0 radical (unpaired) electrons. The standard InChI is InChI=1S/C28H31N7O/c1-34(2)24-7-10-35(18-24)26-14-19(5-8-31-26)11-21-13-23(17-30-15-21)28(36)33-16-20-3-4-25-22(12-20)6-9-32-27(25)29/h3-6,8-9,12-15,17,24H,7,10-11,16,18H2,1-2H3,(H2,29,32)(H,33,36). The van der Waals surface area contributed by atoms with E-state index in [2.05, 4.69) is 50.2 Å². The minimum atomic E-state index is -0.152. The Bertz CT molecular complexity index is 1390. The number of benzene rings is 1. The molecule has 0 spiro atoms. The van der Waals surface area contributed by atoms with Gasteiger partial charge in [-0.2, -0.15) is 0 Å². The zero-order chi connectivity index (χ0) is 25.1. The Morgan fingerprint density at radius 3 is 2.75 bits per heavy atom. The second-order valence-electron chi connectivity index (χ2n) is 9.57. The van der Waals surface area contributed by atoms with Crippen LogP contribution in [0.2, 0.25) is 0 Å². The molecule has 3 N–H and O–H groups in total. The number of carbonyl (C=O) groups excluding carboxylic acids is 1. The summed E-state index contributed by atoms with van der Waals surface area (Å²) in [6, 6.07) is 14.5. The second-order valence-corrected chi connectivity index (χ2v) is 9.57. The van der Waals surface area contributed by atoms with Gasteiger partial charge in [-0.05, 0) is 79.3 Å². The van der Waals surface area contributed by atoms with Gasteiger partial charge in [0.1, 0.15) is 11.6 Å². The summed E-state index contributed by atoms with van der Waals surface area (Å²) in [5.74, 6) is 1.36. The Morgan fingerprint density at radius 2 is 1.92 bits per heavy atom. The molecule has 4 aromatic rings. The summed E-state index contributed by atoms with van der Waals surface area (Å²) in [7, 11) is 4.26. The molecule has 4 heterocycles. The Balaban J connectivity index is 1.23. The van der Waals surface area contributed by atoms with Crippen molar-refractivity contribution in [2.24, 2.45) is 0 Å². The van der Waals surface area contributed by atoms with E-state index in [9.17, 15) is 4.79 Å². The van der Waals surface area contributed by atoms with Crippen LogP contribution in [-0.2, 0) is 13.0 Å². The molecule has 3 aromatic heterocycles. The number of pyridine rings is 3. The SMILES string of the molecule is CN(C)C1CCN(c2cc(Cc3cncc(C(=O)NCc4ccc5c(N)nccc5c4)c3)ccn2)C1. The van der Waals surface area contributed by atoms with Crippen molar-refractivity contribution < 1.29 is 4.79 Å². The molecule has 1 saturated heterocycles. The van der Waals surface area contributed by atoms with Crippen molar-refractivity contribution in [2.45, 2.75) is 25.4 Å². The number of hydrogen-bond donors (Lipinski definition) is 2. The topological polar surface area (TPSA) is 100 Å². The molecule has 1 aliphatic rings. The lowest BCUT2D eigenvalue weighted by molar-refractivity contribution is 0.0950. The first-order valence-corrected chi connectivity index (χ1v) is 12.2. The Hall–Kier alpha value is -4.04. The van der Waals surface area contributed by atoms with Crippen LogP contribution in [0.1, 0.15) is 33.5 Å². The number of anilines is 2. The number of nitrogens with one attached hydrogen (secondary N) is 1. The van der Waals surface area contributed by atoms with Crippen molar-refractivity contribution >= 4 is 28.3 Å². The van der Waals surface area contributed by atoms with Crippen molar-refractivity contribution in [2.75, 3.05) is 37.8 Å². The highest BCUT2D eigenvalue weighted by Crippen LogP contribution is 2.23. The van der Waals surface area contributed by atoms with Crippen LogP contribution in [0, 0.1) is 0 Å². The van der Waals surface area contributed by atoms with Gasteiger partial charge >= 0.3 is 0 Å². The molecule has 0 bridgehead atoms. The highest BCUT2D eigenvalue weighted by Gasteiger charge is 2.24. The third-order valence-corrected chi connectivity index (χ3v) is 6.81. The van der Waals surface area contributed by atoms with Gasteiger partial charge in [-0.1, -0.05) is 12.1 Å². The fourth-order valence-corrected chi connectivity index (χ4v) is 4.70. The molecule has 1 amide bonds. The number of amides is 1. The Labute approximate surface area is 211 Å². The smallest absolute Gasteiger partial charge is 0.253 e. The van der Waals surface area contributed by atoms with E-state index in [0.717, 1.165) is 52.8 Å². The molecule has 5 rings (SSSR count). The molecule has 0 saturated carbocycles. The molecule has 0 aliphatic carbocycles. The summed E-state index contributed by atoms with van der Waals surface area (Å²) in [6.07, 6.45) is 8.81. The van der Waals surface area contributed by atoms with E-state index >= 15 is 0 Å². The molecule has 1 aromatic carbocycles. The fraction of sp³-hybridized carbons (Fsp3) is 0.286. The first kappa shape index (κ1) is 23.7. The fourth-order valence-electron chi connectivity index (χ4n) is 4.70. The molecule has 1 atom stereocenters. The van der Waals surface area contributed by atoms with E-state index in [4.69, 9.17) is 5.73 Å². The van der Waals surface area contributed by atoms with Crippen LogP contribution in [-0.4, -0.2) is 59.0 Å². The van der Waals surface area contributed by atoms with Gasteiger partial charge < -0.3 is 20.9 Å². The highest BCUT2D eigenvalue weighted by molar-refractivity contribution is 5.94. The molecule has 1 aliphatic heterocycles. The lowest BCUT2D eigenvalue weighted by atomic mass is 10.1. The highest BCUT2D eigenvalue weighted by atomic mass is 16.1. The number of carbonyl (C=O) groups is 1. The molecule has 8 nitrogen and oxygen atoms in total. The van der Waals surface area contributed by atoms with Crippen LogP contribution < -0.4 is 16.0 Å². The van der Waals surface area contributed by atoms with Gasteiger partial charge in [-0.3, -0.25) is 9.78 Å². The predicted octanol–water partition coefficient (Wildman–Crippen LogP) is 3.27. The number of nitrogens with zero attached hydrogens (tertiary/aromatic N) is 5. The van der Waals surface area contributed by atoms with E-state index in [-0.39, 0.29) is 5.91 Å². The van der Waals surface area contributed by atoms with E-state index < -0.39 is 0 Å².